The van der Waals surface area contributed by atoms with Gasteiger partial charge in [-0.15, -0.1) is 0 Å². The van der Waals surface area contributed by atoms with Gasteiger partial charge in [0.15, 0.2) is 11.6 Å². The van der Waals surface area contributed by atoms with E-state index < -0.39 is 0 Å². The number of rotatable bonds is 3. The van der Waals surface area contributed by atoms with E-state index in [1.165, 1.54) is 0 Å². The first-order valence-corrected chi connectivity index (χ1v) is 6.46. The molecule has 0 atom stereocenters. The van der Waals surface area contributed by atoms with Crippen molar-refractivity contribution >= 4 is 11.6 Å². The molecule has 94 valence electrons. The first-order chi connectivity index (χ1) is 8.56. The molecule has 2 nitrogen and oxygen atoms in total. The van der Waals surface area contributed by atoms with Crippen LogP contribution in [0.1, 0.15) is 59.4 Å². The van der Waals surface area contributed by atoms with Crippen molar-refractivity contribution in [2.75, 3.05) is 0 Å². The van der Waals surface area contributed by atoms with Crippen molar-refractivity contribution in [3.05, 3.63) is 46.0 Å². The lowest BCUT2D eigenvalue weighted by atomic mass is 9.82. The summed E-state index contributed by atoms with van der Waals surface area (Å²) in [5.41, 5.74) is 3.49. The summed E-state index contributed by atoms with van der Waals surface area (Å²) in [7, 11) is 0. The van der Waals surface area contributed by atoms with Gasteiger partial charge in [0, 0.05) is 22.3 Å². The first-order valence-electron chi connectivity index (χ1n) is 6.46. The first kappa shape index (κ1) is 12.7. The Bertz CT molecular complexity index is 550. The molecule has 0 radical (unpaired) electrons. The van der Waals surface area contributed by atoms with Crippen molar-refractivity contribution in [2.24, 2.45) is 0 Å². The van der Waals surface area contributed by atoms with Crippen LogP contribution in [0.4, 0.5) is 0 Å². The van der Waals surface area contributed by atoms with Crippen molar-refractivity contribution in [3.8, 4) is 0 Å². The zero-order valence-corrected chi connectivity index (χ0v) is 11.2. The van der Waals surface area contributed by atoms with Crippen LogP contribution in [0, 0.1) is 6.92 Å². The number of unbranched alkanes of at least 4 members (excludes halogenated alkanes) is 1. The second-order valence-electron chi connectivity index (χ2n) is 4.91. The molecule has 0 spiro atoms. The normalized spacial score (nSPS) is 15.1. The number of carbonyl (C=O) groups is 2. The third-order valence-electron chi connectivity index (χ3n) is 3.51. The smallest absolute Gasteiger partial charge is 0.190 e. The maximum atomic E-state index is 12.4. The third-order valence-corrected chi connectivity index (χ3v) is 3.51. The van der Waals surface area contributed by atoms with Gasteiger partial charge in [-0.1, -0.05) is 31.0 Å². The Hall–Kier alpha value is -1.70. The van der Waals surface area contributed by atoms with Crippen molar-refractivity contribution < 1.29 is 9.59 Å². The minimum Gasteiger partial charge on any atom is -0.289 e. The summed E-state index contributed by atoms with van der Waals surface area (Å²) in [5.74, 6) is 0.0509. The molecule has 0 aliphatic heterocycles. The Morgan fingerprint density at radius 3 is 2.39 bits per heavy atom. The van der Waals surface area contributed by atoms with Crippen molar-refractivity contribution in [3.63, 3.8) is 0 Å². The number of allylic oxidation sites excluding steroid dienone is 2. The van der Waals surface area contributed by atoms with E-state index in [-0.39, 0.29) is 11.6 Å². The molecule has 0 saturated heterocycles. The molecular weight excluding hydrogens is 224 g/mol. The maximum absolute atomic E-state index is 12.4. The van der Waals surface area contributed by atoms with E-state index in [0.717, 1.165) is 18.4 Å². The zero-order valence-electron chi connectivity index (χ0n) is 11.2. The van der Waals surface area contributed by atoms with Crippen LogP contribution in [-0.2, 0) is 0 Å². The van der Waals surface area contributed by atoms with Gasteiger partial charge in [0.1, 0.15) is 0 Å². The minimum atomic E-state index is 0.00991. The summed E-state index contributed by atoms with van der Waals surface area (Å²) >= 11 is 0. The summed E-state index contributed by atoms with van der Waals surface area (Å²) in [4.78, 5) is 24.7. The molecule has 2 rings (SSSR count). The molecule has 0 heterocycles. The fourth-order valence-electron chi connectivity index (χ4n) is 2.37. The molecule has 0 fully saturated rings. The van der Waals surface area contributed by atoms with E-state index in [1.54, 1.807) is 13.0 Å². The molecule has 1 aliphatic carbocycles. The molecule has 1 aliphatic rings. The highest BCUT2D eigenvalue weighted by Crippen LogP contribution is 2.29. The van der Waals surface area contributed by atoms with Crippen LogP contribution in [-0.4, -0.2) is 11.6 Å². The molecule has 0 unspecified atom stereocenters. The molecular formula is C16H18O2. The van der Waals surface area contributed by atoms with E-state index in [2.05, 4.69) is 6.92 Å². The zero-order chi connectivity index (χ0) is 13.3. The van der Waals surface area contributed by atoms with Gasteiger partial charge in [-0.3, -0.25) is 9.59 Å². The topological polar surface area (TPSA) is 34.1 Å². The number of benzene rings is 1. The number of fused-ring (bicyclic) bond motifs is 1. The van der Waals surface area contributed by atoms with E-state index in [0.29, 0.717) is 28.7 Å². The fraction of sp³-hybridized carbons (Fsp3) is 0.375. The molecule has 0 amide bonds. The lowest BCUT2D eigenvalue weighted by molar-refractivity contribution is 0.0971. The molecule has 0 saturated carbocycles. The van der Waals surface area contributed by atoms with E-state index in [1.807, 2.05) is 19.1 Å². The van der Waals surface area contributed by atoms with Crippen LogP contribution in [0.3, 0.4) is 0 Å². The van der Waals surface area contributed by atoms with Gasteiger partial charge >= 0.3 is 0 Å². The number of hydrogen-bond acceptors (Lipinski definition) is 2. The fourth-order valence-corrected chi connectivity index (χ4v) is 2.37. The van der Waals surface area contributed by atoms with Crippen molar-refractivity contribution in [2.45, 2.75) is 40.0 Å². The van der Waals surface area contributed by atoms with Gasteiger partial charge in [-0.05, 0) is 32.8 Å². The molecule has 0 aromatic heterocycles. The number of Topliss-reactive ketones (excluding diaryl/α,β-unsaturated/α-hetero) is 2. The summed E-state index contributed by atoms with van der Waals surface area (Å²) in [6.45, 7) is 5.80. The number of carbonyl (C=O) groups excluding carboxylic acids is 2. The van der Waals surface area contributed by atoms with Gasteiger partial charge < -0.3 is 0 Å². The van der Waals surface area contributed by atoms with Gasteiger partial charge in [-0.2, -0.15) is 0 Å². The molecule has 1 aromatic carbocycles. The van der Waals surface area contributed by atoms with Crippen LogP contribution in [0.15, 0.2) is 29.3 Å². The number of aryl methyl sites for hydroxylation is 1. The third kappa shape index (κ3) is 2.03. The monoisotopic (exact) mass is 242 g/mol. The number of ketones is 2. The second kappa shape index (κ2) is 4.89. The maximum Gasteiger partial charge on any atom is 0.190 e. The van der Waals surface area contributed by atoms with Gasteiger partial charge in [0.25, 0.3) is 0 Å². The second-order valence-corrected chi connectivity index (χ2v) is 4.91. The highest BCUT2D eigenvalue weighted by Gasteiger charge is 2.29. The molecule has 0 bridgehead atoms. The van der Waals surface area contributed by atoms with Crippen molar-refractivity contribution in [1.82, 2.24) is 0 Å². The summed E-state index contributed by atoms with van der Waals surface area (Å²) in [5, 5.41) is 0. The molecule has 18 heavy (non-hydrogen) atoms. The predicted octanol–water partition coefficient (Wildman–Crippen LogP) is 3.88. The lowest BCUT2D eigenvalue weighted by Gasteiger charge is -2.19. The SMILES string of the molecule is CCCCC1=C(C)C(=O)c2ccc(C)cc2C1=O. The van der Waals surface area contributed by atoms with Gasteiger partial charge in [0.05, 0.1) is 0 Å². The van der Waals surface area contributed by atoms with E-state index in [9.17, 15) is 9.59 Å². The van der Waals surface area contributed by atoms with Crippen LogP contribution in [0.2, 0.25) is 0 Å². The molecule has 1 aromatic rings. The summed E-state index contributed by atoms with van der Waals surface area (Å²) in [6.07, 6.45) is 2.69. The Morgan fingerprint density at radius 2 is 1.72 bits per heavy atom. The van der Waals surface area contributed by atoms with E-state index in [4.69, 9.17) is 0 Å². The molecule has 2 heteroatoms. The number of hydrogen-bond donors (Lipinski definition) is 0. The molecule has 0 N–H and O–H groups in total. The van der Waals surface area contributed by atoms with Crippen molar-refractivity contribution in [1.29, 1.82) is 0 Å². The van der Waals surface area contributed by atoms with Crippen LogP contribution in [0.5, 0.6) is 0 Å². The van der Waals surface area contributed by atoms with Gasteiger partial charge in [0.2, 0.25) is 0 Å². The minimum absolute atomic E-state index is 0.00991. The van der Waals surface area contributed by atoms with E-state index >= 15 is 0 Å². The summed E-state index contributed by atoms with van der Waals surface area (Å²) < 4.78 is 0. The van der Waals surface area contributed by atoms with Crippen LogP contribution < -0.4 is 0 Å². The Labute approximate surface area is 108 Å². The highest BCUT2D eigenvalue weighted by atomic mass is 16.1. The summed E-state index contributed by atoms with van der Waals surface area (Å²) in [6, 6.07) is 5.48. The Morgan fingerprint density at radius 1 is 1.00 bits per heavy atom. The standard InChI is InChI=1S/C16H18O2/c1-4-5-6-12-11(3)15(17)13-8-7-10(2)9-14(13)16(12)18/h7-9H,4-6H2,1-3H3. The quantitative estimate of drug-likeness (QED) is 0.806. The Kier molecular flexibility index (Phi) is 3.46. The highest BCUT2D eigenvalue weighted by molar-refractivity contribution is 6.26. The van der Waals surface area contributed by atoms with Gasteiger partial charge in [-0.25, -0.2) is 0 Å². The van der Waals surface area contributed by atoms with Crippen LogP contribution >= 0.6 is 0 Å². The lowest BCUT2D eigenvalue weighted by Crippen LogP contribution is -2.21. The van der Waals surface area contributed by atoms with Crippen LogP contribution in [0.25, 0.3) is 0 Å². The largest absolute Gasteiger partial charge is 0.289 e. The average molecular weight is 242 g/mol. The predicted molar refractivity (Wildman–Crippen MR) is 72.1 cm³/mol. The Balaban J connectivity index is 2.50. The average Bonchev–Trinajstić information content (AvgIpc) is 2.36.